The van der Waals surface area contributed by atoms with Crippen molar-refractivity contribution in [3.05, 3.63) is 42.5 Å². The number of nitrogens with one attached hydrogen (secondary N) is 1. The summed E-state index contributed by atoms with van der Waals surface area (Å²) in [5.74, 6) is 0. The molecular weight excluding hydrogens is 278 g/mol. The maximum Gasteiger partial charge on any atom is 0.0942 e. The summed E-state index contributed by atoms with van der Waals surface area (Å²) in [5.41, 5.74) is 10.7. The fourth-order valence-electron chi connectivity index (χ4n) is 2.16. The lowest BCUT2D eigenvalue weighted by atomic mass is 10.0. The number of rotatable bonds is 6. The summed E-state index contributed by atoms with van der Waals surface area (Å²) in [6.45, 7) is 0.0280. The van der Waals surface area contributed by atoms with Gasteiger partial charge in [-0.05, 0) is 35.9 Å². The SMILES string of the molecule is CN(C)c1ccc(-c2cc(NCC(O)CO)ccc2N)cc1. The van der Waals surface area contributed by atoms with Crippen LogP contribution in [0.25, 0.3) is 11.1 Å². The summed E-state index contributed by atoms with van der Waals surface area (Å²) in [5, 5.41) is 21.3. The van der Waals surface area contributed by atoms with Crippen LogP contribution >= 0.6 is 0 Å². The molecule has 0 bridgehead atoms. The Morgan fingerprint density at radius 3 is 2.41 bits per heavy atom. The minimum absolute atomic E-state index is 0.263. The molecule has 2 rings (SSSR count). The van der Waals surface area contributed by atoms with Gasteiger partial charge in [0.15, 0.2) is 0 Å². The fraction of sp³-hybridized carbons (Fsp3) is 0.294. The van der Waals surface area contributed by atoms with Crippen LogP contribution in [0.3, 0.4) is 0 Å². The van der Waals surface area contributed by atoms with Crippen molar-refractivity contribution in [1.29, 1.82) is 0 Å². The van der Waals surface area contributed by atoms with Crippen LogP contribution < -0.4 is 16.0 Å². The predicted molar refractivity (Wildman–Crippen MR) is 92.2 cm³/mol. The van der Waals surface area contributed by atoms with Crippen molar-refractivity contribution < 1.29 is 10.2 Å². The summed E-state index contributed by atoms with van der Waals surface area (Å²) < 4.78 is 0. The molecule has 0 amide bonds. The van der Waals surface area contributed by atoms with Gasteiger partial charge in [0.2, 0.25) is 0 Å². The Hall–Kier alpha value is -2.24. The largest absolute Gasteiger partial charge is 0.398 e. The molecule has 1 atom stereocenters. The molecule has 5 nitrogen and oxygen atoms in total. The summed E-state index contributed by atoms with van der Waals surface area (Å²) in [4.78, 5) is 2.04. The lowest BCUT2D eigenvalue weighted by Gasteiger charge is -2.15. The van der Waals surface area contributed by atoms with Gasteiger partial charge in [0.25, 0.3) is 0 Å². The Balaban J connectivity index is 2.22. The van der Waals surface area contributed by atoms with E-state index in [0.29, 0.717) is 12.2 Å². The predicted octanol–water partition coefficient (Wildman–Crippen LogP) is 1.77. The summed E-state index contributed by atoms with van der Waals surface area (Å²) in [6.07, 6.45) is -0.777. The quantitative estimate of drug-likeness (QED) is 0.611. The Bertz CT molecular complexity index is 612. The highest BCUT2D eigenvalue weighted by Gasteiger charge is 2.06. The van der Waals surface area contributed by atoms with Crippen molar-refractivity contribution in [2.75, 3.05) is 43.2 Å². The molecule has 2 aromatic carbocycles. The van der Waals surface area contributed by atoms with E-state index in [1.807, 2.05) is 61.5 Å². The third-order valence-electron chi connectivity index (χ3n) is 3.50. The second-order valence-corrected chi connectivity index (χ2v) is 5.46. The Kier molecular flexibility index (Phi) is 5.25. The van der Waals surface area contributed by atoms with Gasteiger partial charge in [0.05, 0.1) is 12.7 Å². The molecule has 0 aliphatic heterocycles. The molecule has 0 aliphatic rings. The molecule has 0 aliphatic carbocycles. The van der Waals surface area contributed by atoms with Gasteiger partial charge in [-0.2, -0.15) is 0 Å². The minimum atomic E-state index is -0.777. The van der Waals surface area contributed by atoms with Gasteiger partial charge in [0.1, 0.15) is 0 Å². The minimum Gasteiger partial charge on any atom is -0.398 e. The highest BCUT2D eigenvalue weighted by atomic mass is 16.3. The van der Waals surface area contributed by atoms with Gasteiger partial charge in [-0.15, -0.1) is 0 Å². The number of nitrogen functional groups attached to an aromatic ring is 1. The van der Waals surface area contributed by atoms with Crippen LogP contribution in [0.5, 0.6) is 0 Å². The highest BCUT2D eigenvalue weighted by molar-refractivity contribution is 5.80. The van der Waals surface area contributed by atoms with Gasteiger partial charge < -0.3 is 26.2 Å². The molecule has 118 valence electrons. The first-order chi connectivity index (χ1) is 10.5. The van der Waals surface area contributed by atoms with Crippen LogP contribution in [-0.4, -0.2) is 43.6 Å². The second kappa shape index (κ2) is 7.15. The average Bonchev–Trinajstić information content (AvgIpc) is 2.53. The van der Waals surface area contributed by atoms with E-state index in [4.69, 9.17) is 10.8 Å². The lowest BCUT2D eigenvalue weighted by molar-refractivity contribution is 0.105. The third kappa shape index (κ3) is 3.90. The van der Waals surface area contributed by atoms with Gasteiger partial charge in [-0.1, -0.05) is 12.1 Å². The molecule has 5 N–H and O–H groups in total. The number of hydrogen-bond donors (Lipinski definition) is 4. The molecule has 0 fully saturated rings. The second-order valence-electron chi connectivity index (χ2n) is 5.46. The number of nitrogens with zero attached hydrogens (tertiary/aromatic N) is 1. The first-order valence-electron chi connectivity index (χ1n) is 7.21. The highest BCUT2D eigenvalue weighted by Crippen LogP contribution is 2.30. The van der Waals surface area contributed by atoms with Crippen molar-refractivity contribution in [2.24, 2.45) is 0 Å². The Labute approximate surface area is 131 Å². The van der Waals surface area contributed by atoms with Gasteiger partial charge in [-0.25, -0.2) is 0 Å². The van der Waals surface area contributed by atoms with E-state index in [1.165, 1.54) is 0 Å². The normalized spacial score (nSPS) is 12.0. The number of hydrogen-bond acceptors (Lipinski definition) is 5. The van der Waals surface area contributed by atoms with Crippen molar-refractivity contribution in [1.82, 2.24) is 0 Å². The van der Waals surface area contributed by atoms with Crippen LogP contribution in [0.4, 0.5) is 17.1 Å². The third-order valence-corrected chi connectivity index (χ3v) is 3.50. The topological polar surface area (TPSA) is 81.8 Å². The first-order valence-corrected chi connectivity index (χ1v) is 7.21. The zero-order valence-electron chi connectivity index (χ0n) is 13.0. The molecule has 0 radical (unpaired) electrons. The monoisotopic (exact) mass is 301 g/mol. The van der Waals surface area contributed by atoms with E-state index in [0.717, 1.165) is 22.5 Å². The van der Waals surface area contributed by atoms with E-state index in [-0.39, 0.29) is 6.61 Å². The van der Waals surface area contributed by atoms with Crippen molar-refractivity contribution >= 4 is 17.1 Å². The zero-order chi connectivity index (χ0) is 16.1. The maximum atomic E-state index is 9.40. The molecule has 1 unspecified atom stereocenters. The smallest absolute Gasteiger partial charge is 0.0942 e. The number of anilines is 3. The number of aliphatic hydroxyl groups is 2. The molecule has 0 aromatic heterocycles. The van der Waals surface area contributed by atoms with E-state index < -0.39 is 6.10 Å². The van der Waals surface area contributed by atoms with Crippen LogP contribution in [-0.2, 0) is 0 Å². The maximum absolute atomic E-state index is 9.40. The first kappa shape index (κ1) is 16.1. The molecular formula is C17H23N3O2. The van der Waals surface area contributed by atoms with Crippen molar-refractivity contribution in [3.63, 3.8) is 0 Å². The molecule has 0 spiro atoms. The average molecular weight is 301 g/mol. The number of nitrogens with two attached hydrogens (primary N) is 1. The zero-order valence-corrected chi connectivity index (χ0v) is 13.0. The van der Waals surface area contributed by atoms with Crippen molar-refractivity contribution in [2.45, 2.75) is 6.10 Å². The van der Waals surface area contributed by atoms with E-state index in [2.05, 4.69) is 5.32 Å². The number of benzene rings is 2. The van der Waals surface area contributed by atoms with E-state index >= 15 is 0 Å². The molecule has 5 heteroatoms. The van der Waals surface area contributed by atoms with Gasteiger partial charge in [0, 0.05) is 43.3 Å². The lowest BCUT2D eigenvalue weighted by Crippen LogP contribution is -2.22. The van der Waals surface area contributed by atoms with Gasteiger partial charge >= 0.3 is 0 Å². The molecule has 0 saturated heterocycles. The standard InChI is InChI=1S/C17H23N3O2/c1-20(2)14-6-3-12(4-7-14)16-9-13(5-8-17(16)18)19-10-15(22)11-21/h3-9,15,19,21-22H,10-11,18H2,1-2H3. The molecule has 0 heterocycles. The van der Waals surface area contributed by atoms with Crippen molar-refractivity contribution in [3.8, 4) is 11.1 Å². The van der Waals surface area contributed by atoms with Crippen LogP contribution in [0.1, 0.15) is 0 Å². The summed E-state index contributed by atoms with van der Waals surface area (Å²) in [7, 11) is 4.00. The summed E-state index contributed by atoms with van der Waals surface area (Å²) >= 11 is 0. The van der Waals surface area contributed by atoms with E-state index in [1.54, 1.807) is 0 Å². The molecule has 2 aromatic rings. The van der Waals surface area contributed by atoms with Crippen LogP contribution in [0.15, 0.2) is 42.5 Å². The number of aliphatic hydroxyl groups excluding tert-OH is 2. The molecule has 22 heavy (non-hydrogen) atoms. The van der Waals surface area contributed by atoms with Crippen LogP contribution in [0, 0.1) is 0 Å². The Morgan fingerprint density at radius 1 is 1.14 bits per heavy atom. The van der Waals surface area contributed by atoms with Crippen LogP contribution in [0.2, 0.25) is 0 Å². The fourth-order valence-corrected chi connectivity index (χ4v) is 2.16. The molecule has 0 saturated carbocycles. The van der Waals surface area contributed by atoms with Gasteiger partial charge in [-0.3, -0.25) is 0 Å². The Morgan fingerprint density at radius 2 is 1.82 bits per heavy atom. The van der Waals surface area contributed by atoms with E-state index in [9.17, 15) is 5.11 Å². The summed E-state index contributed by atoms with van der Waals surface area (Å²) in [6, 6.07) is 13.8.